The molecule has 0 saturated carbocycles. The zero-order chi connectivity index (χ0) is 13.1. The first kappa shape index (κ1) is 15.9. The Morgan fingerprint density at radius 2 is 1.59 bits per heavy atom. The van der Waals surface area contributed by atoms with Crippen molar-refractivity contribution in [3.05, 3.63) is 0 Å². The van der Waals surface area contributed by atoms with E-state index in [1.165, 1.54) is 0 Å². The molecule has 0 aromatic heterocycles. The van der Waals surface area contributed by atoms with Crippen LogP contribution in [0.1, 0.15) is 46.0 Å². The number of hydrogen-bond acceptors (Lipinski definition) is 5. The molecule has 0 bridgehead atoms. The smallest absolute Gasteiger partial charge is 0.323 e. The van der Waals surface area contributed by atoms with Crippen LogP contribution in [0.25, 0.3) is 0 Å². The van der Waals surface area contributed by atoms with Gasteiger partial charge in [-0.25, -0.2) is 0 Å². The molecule has 0 saturated heterocycles. The van der Waals surface area contributed by atoms with Crippen molar-refractivity contribution in [2.45, 2.75) is 52.0 Å². The molecule has 0 unspecified atom stereocenters. The summed E-state index contributed by atoms with van der Waals surface area (Å²) in [6.07, 6.45) is 3.41. The molecule has 0 heterocycles. The van der Waals surface area contributed by atoms with Crippen molar-refractivity contribution in [1.29, 1.82) is 0 Å². The Morgan fingerprint density at radius 3 is 2.12 bits per heavy atom. The minimum Gasteiger partial charge on any atom is -0.466 e. The third-order valence-corrected chi connectivity index (χ3v) is 2.19. The number of esters is 2. The van der Waals surface area contributed by atoms with Gasteiger partial charge < -0.3 is 15.2 Å². The highest BCUT2D eigenvalue weighted by Gasteiger charge is 2.19. The molecule has 100 valence electrons. The minimum absolute atomic E-state index is 0.116. The van der Waals surface area contributed by atoms with Crippen LogP contribution in [0.15, 0.2) is 0 Å². The molecule has 1 atom stereocenters. The van der Waals surface area contributed by atoms with Crippen LogP contribution in [-0.2, 0) is 19.1 Å². The van der Waals surface area contributed by atoms with E-state index in [9.17, 15) is 9.59 Å². The number of hydrogen-bond donors (Lipinski definition) is 1. The largest absolute Gasteiger partial charge is 0.466 e. The van der Waals surface area contributed by atoms with Gasteiger partial charge >= 0.3 is 11.9 Å². The maximum absolute atomic E-state index is 11.3. The van der Waals surface area contributed by atoms with Crippen LogP contribution >= 0.6 is 0 Å². The van der Waals surface area contributed by atoms with Gasteiger partial charge in [0, 0.05) is 0 Å². The van der Waals surface area contributed by atoms with Crippen molar-refractivity contribution in [1.82, 2.24) is 0 Å². The minimum atomic E-state index is -0.916. The summed E-state index contributed by atoms with van der Waals surface area (Å²) in [6.45, 7) is 4.74. The van der Waals surface area contributed by atoms with Crippen LogP contribution in [0, 0.1) is 0 Å². The molecular weight excluding hydrogens is 222 g/mol. The number of nitrogens with two attached hydrogens (primary N) is 1. The second-order valence-corrected chi connectivity index (χ2v) is 3.91. The Morgan fingerprint density at radius 1 is 1.06 bits per heavy atom. The number of carbonyl (C=O) groups is 2. The van der Waals surface area contributed by atoms with E-state index in [0.29, 0.717) is 13.2 Å². The lowest BCUT2D eigenvalue weighted by atomic mass is 10.2. The number of unbranched alkanes of at least 4 members (excludes halogenated alkanes) is 2. The van der Waals surface area contributed by atoms with E-state index >= 15 is 0 Å². The van der Waals surface area contributed by atoms with Crippen molar-refractivity contribution in [3.63, 3.8) is 0 Å². The molecule has 17 heavy (non-hydrogen) atoms. The third-order valence-electron chi connectivity index (χ3n) is 2.19. The number of carbonyl (C=O) groups excluding carboxylic acids is 2. The summed E-state index contributed by atoms with van der Waals surface area (Å²) in [4.78, 5) is 22.6. The lowest BCUT2D eigenvalue weighted by molar-refractivity contribution is -0.152. The predicted octanol–water partition coefficient (Wildman–Crippen LogP) is 1.39. The quantitative estimate of drug-likeness (QED) is 0.490. The summed E-state index contributed by atoms with van der Waals surface area (Å²) in [7, 11) is 0. The zero-order valence-electron chi connectivity index (χ0n) is 10.7. The Balaban J connectivity index is 3.71. The van der Waals surface area contributed by atoms with Gasteiger partial charge in [0.05, 0.1) is 19.6 Å². The molecule has 0 fully saturated rings. The van der Waals surface area contributed by atoms with Crippen molar-refractivity contribution in [2.75, 3.05) is 13.2 Å². The molecule has 0 aliphatic heterocycles. The first-order valence-electron chi connectivity index (χ1n) is 6.19. The Kier molecular flexibility index (Phi) is 9.43. The lowest BCUT2D eigenvalue weighted by Gasteiger charge is -2.10. The van der Waals surface area contributed by atoms with Crippen molar-refractivity contribution < 1.29 is 19.1 Å². The van der Waals surface area contributed by atoms with Crippen molar-refractivity contribution in [3.8, 4) is 0 Å². The van der Waals surface area contributed by atoms with Crippen LogP contribution in [-0.4, -0.2) is 31.2 Å². The van der Waals surface area contributed by atoms with Gasteiger partial charge in [-0.15, -0.1) is 0 Å². The molecule has 0 radical (unpaired) electrons. The maximum atomic E-state index is 11.3. The predicted molar refractivity (Wildman–Crippen MR) is 64.3 cm³/mol. The van der Waals surface area contributed by atoms with Gasteiger partial charge in [0.25, 0.3) is 0 Å². The second kappa shape index (κ2) is 10.1. The topological polar surface area (TPSA) is 78.6 Å². The fourth-order valence-corrected chi connectivity index (χ4v) is 1.08. The van der Waals surface area contributed by atoms with Gasteiger partial charge in [0.15, 0.2) is 0 Å². The van der Waals surface area contributed by atoms with Crippen LogP contribution < -0.4 is 5.73 Å². The molecule has 0 amide bonds. The highest BCUT2D eigenvalue weighted by atomic mass is 16.5. The fraction of sp³-hybridized carbons (Fsp3) is 0.833. The summed E-state index contributed by atoms with van der Waals surface area (Å²) in [5.74, 6) is -0.982. The van der Waals surface area contributed by atoms with Gasteiger partial charge in [0.1, 0.15) is 6.04 Å². The van der Waals surface area contributed by atoms with E-state index in [1.54, 1.807) is 0 Å². The summed E-state index contributed by atoms with van der Waals surface area (Å²) in [6, 6.07) is -0.916. The Labute approximate surface area is 103 Å². The molecule has 5 nitrogen and oxygen atoms in total. The van der Waals surface area contributed by atoms with Gasteiger partial charge in [-0.05, 0) is 12.8 Å². The van der Waals surface area contributed by atoms with Gasteiger partial charge in [-0.2, -0.15) is 0 Å². The molecule has 5 heteroatoms. The Bertz CT molecular complexity index is 231. The van der Waals surface area contributed by atoms with Crippen LogP contribution in [0.4, 0.5) is 0 Å². The summed E-state index contributed by atoms with van der Waals surface area (Å²) >= 11 is 0. The number of rotatable bonds is 9. The van der Waals surface area contributed by atoms with Crippen LogP contribution in [0.2, 0.25) is 0 Å². The summed E-state index contributed by atoms with van der Waals surface area (Å²) in [5.41, 5.74) is 5.53. The summed E-state index contributed by atoms with van der Waals surface area (Å²) < 4.78 is 9.80. The number of ether oxygens (including phenoxy) is 2. The molecule has 0 aliphatic carbocycles. The maximum Gasteiger partial charge on any atom is 0.323 e. The average molecular weight is 245 g/mol. The van der Waals surface area contributed by atoms with E-state index in [1.807, 2.05) is 13.8 Å². The molecule has 0 rings (SSSR count). The molecule has 0 aromatic carbocycles. The lowest BCUT2D eigenvalue weighted by Crippen LogP contribution is -2.35. The highest BCUT2D eigenvalue weighted by Crippen LogP contribution is 1.98. The Hall–Kier alpha value is -1.10. The highest BCUT2D eigenvalue weighted by molar-refractivity contribution is 5.82. The van der Waals surface area contributed by atoms with Crippen LogP contribution in [0.5, 0.6) is 0 Å². The SMILES string of the molecule is CCCCOC(=O)C[C@@H](N)C(=O)OCCCC. The van der Waals surface area contributed by atoms with E-state index in [4.69, 9.17) is 15.2 Å². The first-order chi connectivity index (χ1) is 8.11. The molecule has 2 N–H and O–H groups in total. The monoisotopic (exact) mass is 245 g/mol. The molecule has 0 aliphatic rings. The third kappa shape index (κ3) is 8.68. The normalized spacial score (nSPS) is 11.9. The van der Waals surface area contributed by atoms with Gasteiger partial charge in [-0.3, -0.25) is 9.59 Å². The standard InChI is InChI=1S/C12H23NO4/c1-3-5-7-16-11(14)9-10(13)12(15)17-8-6-4-2/h10H,3-9,13H2,1-2H3/t10-/m1/s1. The average Bonchev–Trinajstić information content (AvgIpc) is 2.29. The summed E-state index contributed by atoms with van der Waals surface area (Å²) in [5, 5.41) is 0. The van der Waals surface area contributed by atoms with Crippen LogP contribution in [0.3, 0.4) is 0 Å². The van der Waals surface area contributed by atoms with E-state index in [0.717, 1.165) is 25.7 Å². The van der Waals surface area contributed by atoms with Crippen molar-refractivity contribution >= 4 is 11.9 Å². The van der Waals surface area contributed by atoms with Gasteiger partial charge in [0.2, 0.25) is 0 Å². The van der Waals surface area contributed by atoms with Crippen molar-refractivity contribution in [2.24, 2.45) is 5.73 Å². The molecule has 0 aromatic rings. The molecular formula is C12H23NO4. The van der Waals surface area contributed by atoms with E-state index in [2.05, 4.69) is 0 Å². The molecule has 0 spiro atoms. The van der Waals surface area contributed by atoms with E-state index < -0.39 is 18.0 Å². The first-order valence-corrected chi connectivity index (χ1v) is 6.19. The zero-order valence-corrected chi connectivity index (χ0v) is 10.7. The van der Waals surface area contributed by atoms with E-state index in [-0.39, 0.29) is 6.42 Å². The second-order valence-electron chi connectivity index (χ2n) is 3.91. The van der Waals surface area contributed by atoms with Gasteiger partial charge in [-0.1, -0.05) is 26.7 Å². The fourth-order valence-electron chi connectivity index (χ4n) is 1.08.